The summed E-state index contributed by atoms with van der Waals surface area (Å²) < 4.78 is 239. The number of rotatable bonds is 10. The first-order chi connectivity index (χ1) is 43.4. The summed E-state index contributed by atoms with van der Waals surface area (Å²) in [5, 5.41) is 9.46. The first-order valence-corrected chi connectivity index (χ1v) is 17.5. The van der Waals surface area contributed by atoms with Crippen molar-refractivity contribution >= 4 is 11.6 Å². The molecule has 48 heavy (non-hydrogen) atoms. The lowest BCUT2D eigenvalue weighted by atomic mass is 9.96. The largest absolute Gasteiger partial charge is 0.497 e. The van der Waals surface area contributed by atoms with Gasteiger partial charge in [-0.1, -0.05) is 49.2 Å². The van der Waals surface area contributed by atoms with Gasteiger partial charge in [0.15, 0.2) is 0 Å². The Kier molecular flexibility index (Phi) is 6.65. The Bertz CT molecular complexity index is 1600. The normalized spacial score (nSPS) is 18.8. The quantitative estimate of drug-likeness (QED) is 0.162. The number of benzene rings is 4. The van der Waals surface area contributed by atoms with Gasteiger partial charge in [0.1, 0.15) is 23.1 Å². The number of piperidine rings is 2. The molecule has 2 heterocycles. The van der Waals surface area contributed by atoms with E-state index < -0.39 is 0 Å². The zero-order valence-electron chi connectivity index (χ0n) is 68.1. The van der Waals surface area contributed by atoms with Gasteiger partial charge < -0.3 is 14.6 Å². The highest BCUT2D eigenvalue weighted by Gasteiger charge is 2.18. The van der Waals surface area contributed by atoms with E-state index in [0.29, 0.717) is 28.5 Å². The first kappa shape index (κ1) is 18.0. The smallest absolute Gasteiger partial charge is 0.131 e. The van der Waals surface area contributed by atoms with Crippen molar-refractivity contribution in [2.45, 2.75) is 64.1 Å². The molecule has 296 valence electrons. The summed E-state index contributed by atoms with van der Waals surface area (Å²) in [6, 6.07) is 21.5. The molecule has 5 nitrogen and oxygen atoms in total. The number of nitrogens with zero attached hydrogens (tertiary/aromatic N) is 2. The van der Waals surface area contributed by atoms with Crippen LogP contribution in [0, 0.1) is 11.6 Å². The molecule has 0 aromatic heterocycles. The number of halogens is 3. The van der Waals surface area contributed by atoms with Crippen molar-refractivity contribution in [1.82, 2.24) is 9.80 Å². The molecule has 1 N–H and O–H groups in total. The van der Waals surface area contributed by atoms with Crippen molar-refractivity contribution in [2.24, 2.45) is 0 Å². The third-order valence-electron chi connectivity index (χ3n) is 9.29. The molecule has 0 bridgehead atoms. The number of ether oxygens (including phenoxy) is 2. The average Bonchev–Trinajstić information content (AvgIpc) is 3.70. The molecule has 0 saturated carbocycles. The summed E-state index contributed by atoms with van der Waals surface area (Å²) in [4.78, 5) is 4.85. The highest BCUT2D eigenvalue weighted by molar-refractivity contribution is 6.17. The third-order valence-corrected chi connectivity index (χ3v) is 9.60. The second kappa shape index (κ2) is 17.8. The van der Waals surface area contributed by atoms with Gasteiger partial charge in [-0.05, 0) is 122 Å². The molecular weight excluding hydrogens is 630 g/mol. The highest BCUT2D eigenvalue weighted by Crippen LogP contribution is 2.33. The van der Waals surface area contributed by atoms with Gasteiger partial charge in [0.2, 0.25) is 0 Å². The summed E-state index contributed by atoms with van der Waals surface area (Å²) in [5.74, 6) is 1.29. The van der Waals surface area contributed by atoms with Gasteiger partial charge in [0.25, 0.3) is 0 Å². The Labute approximate surface area is 350 Å². The zero-order valence-corrected chi connectivity index (χ0v) is 28.9. The number of aliphatic hydroxyl groups is 1. The van der Waals surface area contributed by atoms with E-state index in [-0.39, 0.29) is 18.2 Å². The van der Waals surface area contributed by atoms with Crippen LogP contribution in [0.3, 0.4) is 0 Å². The van der Waals surface area contributed by atoms with Crippen molar-refractivity contribution in [3.05, 3.63) is 107 Å². The number of alkyl halides is 1. The van der Waals surface area contributed by atoms with Crippen molar-refractivity contribution in [1.29, 1.82) is 0 Å². The monoisotopic (exact) mass is 797 g/mol. The Hall–Kier alpha value is -3.49. The van der Waals surface area contributed by atoms with Crippen LogP contribution in [-0.4, -0.2) is 55.3 Å². The maximum absolute atomic E-state index is 14.4. The fourth-order valence-electron chi connectivity index (χ4n) is 6.66. The van der Waals surface area contributed by atoms with Gasteiger partial charge in [0.05, 0.1) is 20.8 Å². The number of methoxy groups -OCH3 is 2. The Morgan fingerprint density at radius 3 is 1.48 bits per heavy atom. The van der Waals surface area contributed by atoms with Crippen LogP contribution >= 0.6 is 11.6 Å². The van der Waals surface area contributed by atoms with E-state index in [1.807, 2.05) is 30.3 Å². The standard InChI is InChI=1S/C20H23ClFNO.C20H24FNO2.20H2/c1-24-17-6-8-20(22)19(12-17)18-7-5-15(13-21)11-16(18)14-23-9-3-2-4-10-23;1-24-17-6-8-20(21)19(12-17)18-7-5-15(14-23)11-16(18)13-22-9-3-2-4-10-22;;;;;;;;;;;;;;;;;;;;/h5-8,11-12H,2-4,9-10,13-14H2,1H3;5-8,11-12,23H,2-4,9-10,13-14H2,1H3;20*1H/i;;20*1+2T. The van der Waals surface area contributed by atoms with Gasteiger partial charge in [-0.3, -0.25) is 9.80 Å². The van der Waals surface area contributed by atoms with Crippen LogP contribution in [0.4, 0.5) is 8.78 Å². The summed E-state index contributed by atoms with van der Waals surface area (Å²) in [6.45, 7) is 5.95. The molecule has 4 aromatic carbocycles. The molecule has 0 unspecified atom stereocenters. The first-order valence-electron chi connectivity index (χ1n) is 36.9. The molecule has 6 rings (SSSR count). The fraction of sp³-hybridized carbons (Fsp3) is 0.400. The molecular formula is C40H87ClF2N2O3. The number of hydrogen-bond donors (Lipinski definition) is 1. The molecule has 0 aliphatic carbocycles. The number of hydrogen-bond acceptors (Lipinski definition) is 5. The molecule has 4 aromatic rings. The van der Waals surface area contributed by atoms with Gasteiger partial charge in [-0.2, -0.15) is 0 Å². The van der Waals surface area contributed by atoms with Crippen LogP contribution in [0.5, 0.6) is 11.5 Å². The molecule has 0 atom stereocenters. The summed E-state index contributed by atoms with van der Waals surface area (Å²) in [6.07, 6.45) is 7.47. The van der Waals surface area contributed by atoms with E-state index in [9.17, 15) is 13.9 Å². The van der Waals surface area contributed by atoms with Gasteiger partial charge >= 0.3 is 0 Å². The molecule has 0 spiro atoms. The summed E-state index contributed by atoms with van der Waals surface area (Å²) in [7, 11) is 3.18. The number of likely N-dealkylation sites (tertiary alicyclic amines) is 2. The van der Waals surface area contributed by atoms with Crippen LogP contribution in [0.25, 0.3) is 22.3 Å². The zero-order chi connectivity index (χ0) is 73.9. The van der Waals surface area contributed by atoms with Crippen LogP contribution in [0.1, 0.15) is 120 Å². The van der Waals surface area contributed by atoms with Crippen molar-refractivity contribution in [3.63, 3.8) is 0 Å². The minimum Gasteiger partial charge on any atom is -0.497 e. The molecule has 2 aliphatic rings. The predicted molar refractivity (Wildman–Crippen MR) is 233 cm³/mol. The minimum absolute atomic E-state index is 0.00608. The van der Waals surface area contributed by atoms with Crippen LogP contribution in [0.2, 0.25) is 0 Å². The SMILES string of the molecule is COc1ccc(F)c(-c2ccc(CCl)cc2CN2CCCCC2)c1.COc1ccc(F)c(-c2ccc(CO)cc2CN2CCCCC2)c1.[3H][3H].[3H][3H].[3H][3H].[3H][3H].[3H][3H].[3H][3H].[3H][3H].[3H][3H].[3H][3H].[3H][3H].[3H][3H].[3H][3H].[3H][3H].[3H][3H].[3H][3H].[3H][3H].[3H][3H].[3H][3H].[3H][3H].[3H][3H]. The van der Waals surface area contributed by atoms with Gasteiger partial charge in [-0.15, -0.1) is 11.6 Å². The second-order valence-electron chi connectivity index (χ2n) is 12.6. The minimum atomic E-state index is -0.257. The van der Waals surface area contributed by atoms with Crippen LogP contribution in [0.15, 0.2) is 72.8 Å². The topological polar surface area (TPSA) is 45.2 Å². The lowest BCUT2D eigenvalue weighted by Crippen LogP contribution is -2.29. The molecule has 2 saturated heterocycles. The van der Waals surface area contributed by atoms with Crippen molar-refractivity contribution in [3.8, 4) is 33.8 Å². The maximum Gasteiger partial charge on any atom is 0.131 e. The van der Waals surface area contributed by atoms with E-state index >= 15 is 0 Å². The van der Waals surface area contributed by atoms with E-state index in [4.69, 9.17) is 80.5 Å². The maximum atomic E-state index is 14.4. The molecule has 2 fully saturated rings. The highest BCUT2D eigenvalue weighted by atomic mass is 35.5. The molecule has 0 radical (unpaired) electrons. The number of aliphatic hydroxyl groups excluding tert-OH is 1. The Morgan fingerprint density at radius 2 is 1.06 bits per heavy atom. The molecule has 8 heteroatoms. The van der Waals surface area contributed by atoms with E-state index in [0.717, 1.165) is 72.6 Å². The third kappa shape index (κ3) is 9.35. The Morgan fingerprint density at radius 1 is 0.625 bits per heavy atom. The van der Waals surface area contributed by atoms with Crippen molar-refractivity contribution in [2.75, 3.05) is 40.4 Å². The van der Waals surface area contributed by atoms with Gasteiger partial charge in [-0.25, -0.2) is 8.78 Å². The van der Waals surface area contributed by atoms with Crippen LogP contribution in [-0.2, 0) is 25.6 Å². The lowest BCUT2D eigenvalue weighted by molar-refractivity contribution is 0.221. The van der Waals surface area contributed by atoms with Crippen LogP contribution < -0.4 is 9.47 Å². The molecule has 0 amide bonds. The summed E-state index contributed by atoms with van der Waals surface area (Å²) in [5.41, 5.74) is 7.02. The van der Waals surface area contributed by atoms with E-state index in [1.54, 1.807) is 38.5 Å². The summed E-state index contributed by atoms with van der Waals surface area (Å²) >= 11 is 6.01. The van der Waals surface area contributed by atoms with E-state index in [2.05, 4.69) is 15.9 Å². The second-order valence-corrected chi connectivity index (χ2v) is 12.9. The fourth-order valence-corrected chi connectivity index (χ4v) is 6.82. The molecule has 2 aliphatic heterocycles. The Balaban J connectivity index is -0.0000000537. The van der Waals surface area contributed by atoms with Crippen molar-refractivity contribution < 1.29 is 82.8 Å². The average molecular weight is 798 g/mol. The van der Waals surface area contributed by atoms with Gasteiger partial charge in [0, 0.05) is 89.5 Å². The lowest BCUT2D eigenvalue weighted by Gasteiger charge is -2.27. The van der Waals surface area contributed by atoms with E-state index in [1.165, 1.54) is 50.7 Å². The predicted octanol–water partition coefficient (Wildman–Crippen LogP) is 14.1.